The van der Waals surface area contributed by atoms with Crippen LogP contribution < -0.4 is 5.32 Å². The van der Waals surface area contributed by atoms with Crippen LogP contribution in [0.5, 0.6) is 0 Å². The van der Waals surface area contributed by atoms with Gasteiger partial charge in [-0.25, -0.2) is 9.50 Å². The molecular formula is C27H20N4O2. The lowest BCUT2D eigenvalue weighted by Crippen LogP contribution is -2.13. The van der Waals surface area contributed by atoms with Crippen molar-refractivity contribution in [1.29, 1.82) is 0 Å². The van der Waals surface area contributed by atoms with Gasteiger partial charge in [0.2, 0.25) is 0 Å². The molecule has 6 heteroatoms. The number of nitrogens with zero attached hydrogens (tertiary/aromatic N) is 3. The van der Waals surface area contributed by atoms with Crippen molar-refractivity contribution in [1.82, 2.24) is 14.6 Å². The molecule has 33 heavy (non-hydrogen) atoms. The van der Waals surface area contributed by atoms with Gasteiger partial charge in [-0.1, -0.05) is 72.8 Å². The fourth-order valence-electron chi connectivity index (χ4n) is 3.71. The average Bonchev–Trinajstić information content (AvgIpc) is 3.29. The van der Waals surface area contributed by atoms with Crippen molar-refractivity contribution in [2.45, 2.75) is 6.92 Å². The minimum Gasteiger partial charge on any atom is -0.322 e. The minimum absolute atomic E-state index is 0.0660. The third kappa shape index (κ3) is 4.02. The lowest BCUT2D eigenvalue weighted by atomic mass is 10.1. The Morgan fingerprint density at radius 3 is 2.21 bits per heavy atom. The van der Waals surface area contributed by atoms with E-state index in [9.17, 15) is 9.59 Å². The molecule has 0 saturated carbocycles. The zero-order valence-corrected chi connectivity index (χ0v) is 17.9. The Hall–Kier alpha value is -4.58. The number of benzene rings is 3. The molecule has 0 unspecified atom stereocenters. The standard InChI is InChI=1S/C27H20N4O2/c1-18(32)21-13-8-14-22(15-21)29-27(33)23-17-28-31-25(20-11-6-3-7-12-20)16-24(30-26(23)31)19-9-4-2-5-10-19/h2-17H,1H3,(H,29,33). The molecule has 0 atom stereocenters. The first-order chi connectivity index (χ1) is 16.1. The number of nitrogens with one attached hydrogen (secondary N) is 1. The van der Waals surface area contributed by atoms with Crippen LogP contribution in [-0.2, 0) is 0 Å². The molecule has 0 aliphatic heterocycles. The van der Waals surface area contributed by atoms with Gasteiger partial charge in [-0.3, -0.25) is 9.59 Å². The Labute approximate surface area is 190 Å². The van der Waals surface area contributed by atoms with E-state index in [1.807, 2.05) is 66.7 Å². The van der Waals surface area contributed by atoms with E-state index in [-0.39, 0.29) is 11.7 Å². The molecular weight excluding hydrogens is 412 g/mol. The van der Waals surface area contributed by atoms with Crippen LogP contribution in [0, 0.1) is 0 Å². The summed E-state index contributed by atoms with van der Waals surface area (Å²) in [5.41, 5.74) is 5.35. The number of Topliss-reactive ketones (excluding diaryl/α,β-unsaturated/α-hetero) is 1. The molecule has 0 radical (unpaired) electrons. The van der Waals surface area contributed by atoms with Gasteiger partial charge in [0, 0.05) is 22.4 Å². The number of carbonyl (C=O) groups excluding carboxylic acids is 2. The molecule has 5 aromatic rings. The predicted molar refractivity (Wildman–Crippen MR) is 128 cm³/mol. The Balaban J connectivity index is 1.62. The van der Waals surface area contributed by atoms with Gasteiger partial charge in [0.15, 0.2) is 11.4 Å². The maximum Gasteiger partial charge on any atom is 0.261 e. The van der Waals surface area contributed by atoms with E-state index in [1.165, 1.54) is 13.1 Å². The second kappa shape index (κ2) is 8.51. The van der Waals surface area contributed by atoms with Crippen LogP contribution >= 0.6 is 0 Å². The molecule has 5 rings (SSSR count). The number of rotatable bonds is 5. The van der Waals surface area contributed by atoms with E-state index in [0.29, 0.717) is 22.5 Å². The van der Waals surface area contributed by atoms with E-state index in [1.54, 1.807) is 28.8 Å². The molecule has 0 bridgehead atoms. The van der Waals surface area contributed by atoms with E-state index in [0.717, 1.165) is 22.5 Å². The average molecular weight is 432 g/mol. The molecule has 2 heterocycles. The van der Waals surface area contributed by atoms with Crippen LogP contribution in [0.25, 0.3) is 28.2 Å². The number of carbonyl (C=O) groups is 2. The molecule has 0 saturated heterocycles. The first-order valence-electron chi connectivity index (χ1n) is 10.5. The van der Waals surface area contributed by atoms with Gasteiger partial charge in [0.1, 0.15) is 5.56 Å². The number of amides is 1. The molecule has 1 amide bonds. The topological polar surface area (TPSA) is 76.4 Å². The summed E-state index contributed by atoms with van der Waals surface area (Å²) in [5.74, 6) is -0.411. The van der Waals surface area contributed by atoms with Gasteiger partial charge >= 0.3 is 0 Å². The monoisotopic (exact) mass is 432 g/mol. The first-order valence-corrected chi connectivity index (χ1v) is 10.5. The Kier molecular flexibility index (Phi) is 5.24. The fourth-order valence-corrected chi connectivity index (χ4v) is 3.71. The smallest absolute Gasteiger partial charge is 0.261 e. The Morgan fingerprint density at radius 1 is 0.818 bits per heavy atom. The molecule has 0 fully saturated rings. The SMILES string of the molecule is CC(=O)c1cccc(NC(=O)c2cnn3c(-c4ccccc4)cc(-c4ccccc4)nc23)c1. The summed E-state index contributed by atoms with van der Waals surface area (Å²) in [4.78, 5) is 29.7. The molecule has 6 nitrogen and oxygen atoms in total. The van der Waals surface area contributed by atoms with Gasteiger partial charge in [-0.05, 0) is 25.1 Å². The summed E-state index contributed by atoms with van der Waals surface area (Å²) >= 11 is 0. The summed E-state index contributed by atoms with van der Waals surface area (Å²) in [7, 11) is 0. The highest BCUT2D eigenvalue weighted by molar-refractivity contribution is 6.09. The fraction of sp³-hybridized carbons (Fsp3) is 0.0370. The van der Waals surface area contributed by atoms with Crippen molar-refractivity contribution in [3.63, 3.8) is 0 Å². The van der Waals surface area contributed by atoms with Gasteiger partial charge in [-0.15, -0.1) is 0 Å². The third-order valence-electron chi connectivity index (χ3n) is 5.38. The van der Waals surface area contributed by atoms with Gasteiger partial charge in [0.05, 0.1) is 17.6 Å². The molecule has 3 aromatic carbocycles. The summed E-state index contributed by atoms with van der Waals surface area (Å²) in [6.45, 7) is 1.49. The van der Waals surface area contributed by atoms with E-state index in [4.69, 9.17) is 4.98 Å². The van der Waals surface area contributed by atoms with Crippen LogP contribution in [0.1, 0.15) is 27.6 Å². The highest BCUT2D eigenvalue weighted by Gasteiger charge is 2.19. The van der Waals surface area contributed by atoms with E-state index >= 15 is 0 Å². The number of ketones is 1. The molecule has 0 spiro atoms. The number of hydrogen-bond acceptors (Lipinski definition) is 4. The molecule has 160 valence electrons. The molecule has 1 N–H and O–H groups in total. The van der Waals surface area contributed by atoms with Crippen LogP contribution in [0.4, 0.5) is 5.69 Å². The van der Waals surface area contributed by atoms with Gasteiger partial charge in [0.25, 0.3) is 5.91 Å². The van der Waals surface area contributed by atoms with Crippen LogP contribution in [-0.4, -0.2) is 26.3 Å². The third-order valence-corrected chi connectivity index (χ3v) is 5.38. The second-order valence-corrected chi connectivity index (χ2v) is 7.64. The molecule has 0 aliphatic carbocycles. The van der Waals surface area contributed by atoms with Crippen molar-refractivity contribution in [3.8, 4) is 22.5 Å². The van der Waals surface area contributed by atoms with Crippen molar-refractivity contribution in [3.05, 3.63) is 108 Å². The summed E-state index contributed by atoms with van der Waals surface area (Å²) < 4.78 is 1.68. The normalized spacial score (nSPS) is 10.8. The van der Waals surface area contributed by atoms with E-state index in [2.05, 4.69) is 10.4 Å². The van der Waals surface area contributed by atoms with Crippen LogP contribution in [0.3, 0.4) is 0 Å². The highest BCUT2D eigenvalue weighted by atomic mass is 16.1. The largest absolute Gasteiger partial charge is 0.322 e. The summed E-state index contributed by atoms with van der Waals surface area (Å²) in [6, 6.07) is 28.5. The van der Waals surface area contributed by atoms with Crippen molar-refractivity contribution in [2.24, 2.45) is 0 Å². The number of fused-ring (bicyclic) bond motifs is 1. The van der Waals surface area contributed by atoms with Crippen molar-refractivity contribution < 1.29 is 9.59 Å². The van der Waals surface area contributed by atoms with Crippen molar-refractivity contribution >= 4 is 23.0 Å². The number of hydrogen-bond donors (Lipinski definition) is 1. The van der Waals surface area contributed by atoms with Crippen LogP contribution in [0.2, 0.25) is 0 Å². The maximum atomic E-state index is 13.2. The second-order valence-electron chi connectivity index (χ2n) is 7.64. The first kappa shape index (κ1) is 20.3. The number of aromatic nitrogens is 3. The van der Waals surface area contributed by atoms with E-state index < -0.39 is 0 Å². The predicted octanol–water partition coefficient (Wildman–Crippen LogP) is 5.52. The zero-order chi connectivity index (χ0) is 22.8. The maximum absolute atomic E-state index is 13.2. The molecule has 2 aromatic heterocycles. The summed E-state index contributed by atoms with van der Waals surface area (Å²) in [5, 5.41) is 7.34. The number of anilines is 1. The highest BCUT2D eigenvalue weighted by Crippen LogP contribution is 2.27. The quantitative estimate of drug-likeness (QED) is 0.371. The minimum atomic E-state index is -0.345. The Morgan fingerprint density at radius 2 is 1.52 bits per heavy atom. The van der Waals surface area contributed by atoms with Crippen LogP contribution in [0.15, 0.2) is 97.2 Å². The summed E-state index contributed by atoms with van der Waals surface area (Å²) in [6.07, 6.45) is 1.52. The molecule has 0 aliphatic rings. The van der Waals surface area contributed by atoms with Gasteiger partial charge in [-0.2, -0.15) is 5.10 Å². The lowest BCUT2D eigenvalue weighted by Gasteiger charge is -2.10. The Bertz CT molecular complexity index is 1470. The lowest BCUT2D eigenvalue weighted by molar-refractivity contribution is 0.101. The van der Waals surface area contributed by atoms with Gasteiger partial charge < -0.3 is 5.32 Å². The zero-order valence-electron chi connectivity index (χ0n) is 17.9. The van der Waals surface area contributed by atoms with Crippen molar-refractivity contribution in [2.75, 3.05) is 5.32 Å².